The first-order chi connectivity index (χ1) is 9.61. The molecule has 1 aromatic heterocycles. The van der Waals surface area contributed by atoms with Gasteiger partial charge in [-0.25, -0.2) is 4.79 Å². The van der Waals surface area contributed by atoms with Crippen molar-refractivity contribution >= 4 is 28.7 Å². The number of imide groups is 1. The number of hydrogen-bond acceptors (Lipinski definition) is 3. The van der Waals surface area contributed by atoms with Crippen LogP contribution >= 0.6 is 0 Å². The monoisotopic (exact) mass is 268 g/mol. The lowest BCUT2D eigenvalue weighted by atomic mass is 10.1. The summed E-state index contributed by atoms with van der Waals surface area (Å²) in [7, 11) is 1.78. The zero-order valence-electron chi connectivity index (χ0n) is 10.9. The van der Waals surface area contributed by atoms with E-state index in [4.69, 9.17) is 6.42 Å². The minimum atomic E-state index is -0.452. The molecule has 0 spiro atoms. The Kier molecular flexibility index (Phi) is 2.68. The number of fused-ring (bicyclic) bond motifs is 1. The van der Waals surface area contributed by atoms with Crippen LogP contribution in [0.2, 0.25) is 0 Å². The first-order valence-electron chi connectivity index (χ1n) is 6.15. The smallest absolute Gasteiger partial charge is 0.278 e. The number of carbonyl (C=O) groups excluding carboxylic acids is 2. The largest absolute Gasteiger partial charge is 0.329 e. The molecule has 6 nitrogen and oxygen atoms in total. The fourth-order valence-electron chi connectivity index (χ4n) is 2.40. The van der Waals surface area contributed by atoms with E-state index in [1.54, 1.807) is 11.7 Å². The van der Waals surface area contributed by atoms with Crippen molar-refractivity contribution in [2.24, 2.45) is 7.05 Å². The van der Waals surface area contributed by atoms with E-state index in [0.29, 0.717) is 12.4 Å². The lowest BCUT2D eigenvalue weighted by molar-refractivity contribution is -0.120. The van der Waals surface area contributed by atoms with Gasteiger partial charge in [0.05, 0.1) is 11.1 Å². The van der Waals surface area contributed by atoms with Gasteiger partial charge in [-0.2, -0.15) is 5.10 Å². The zero-order valence-corrected chi connectivity index (χ0v) is 10.9. The summed E-state index contributed by atoms with van der Waals surface area (Å²) in [6, 6.07) is 5.07. The molecule has 0 saturated carbocycles. The number of terminal acetylenes is 1. The molecule has 0 aliphatic carbocycles. The number of nitrogens with one attached hydrogen (secondary N) is 1. The molecule has 6 heteroatoms. The molecule has 0 bridgehead atoms. The number of aromatic nitrogens is 2. The van der Waals surface area contributed by atoms with E-state index >= 15 is 0 Å². The van der Waals surface area contributed by atoms with Crippen LogP contribution in [0.25, 0.3) is 10.9 Å². The molecule has 2 heterocycles. The molecule has 1 N–H and O–H groups in total. The molecule has 0 radical (unpaired) electrons. The Morgan fingerprint density at radius 2 is 2.20 bits per heavy atom. The van der Waals surface area contributed by atoms with Gasteiger partial charge in [0.25, 0.3) is 0 Å². The highest BCUT2D eigenvalue weighted by Gasteiger charge is 2.28. The van der Waals surface area contributed by atoms with E-state index in [0.717, 1.165) is 16.5 Å². The highest BCUT2D eigenvalue weighted by Crippen LogP contribution is 2.28. The van der Waals surface area contributed by atoms with E-state index in [9.17, 15) is 9.59 Å². The second-order valence-corrected chi connectivity index (χ2v) is 4.55. The van der Waals surface area contributed by atoms with E-state index in [1.165, 1.54) is 4.90 Å². The Labute approximate surface area is 115 Å². The molecule has 20 heavy (non-hydrogen) atoms. The zero-order chi connectivity index (χ0) is 14.3. The molecule has 1 aliphatic heterocycles. The number of nitrogens with zero attached hydrogens (tertiary/aromatic N) is 3. The number of hydrogen-bond donors (Lipinski definition) is 1. The molecule has 0 atom stereocenters. The second kappa shape index (κ2) is 4.38. The summed E-state index contributed by atoms with van der Waals surface area (Å²) in [6.45, 7) is 0.317. The van der Waals surface area contributed by atoms with Crippen molar-refractivity contribution in [2.45, 2.75) is 6.42 Å². The van der Waals surface area contributed by atoms with Crippen LogP contribution in [0.15, 0.2) is 18.2 Å². The predicted molar refractivity (Wildman–Crippen MR) is 74.2 cm³/mol. The lowest BCUT2D eigenvalue weighted by Gasteiger charge is -2.24. The van der Waals surface area contributed by atoms with Crippen LogP contribution in [0, 0.1) is 12.3 Å². The van der Waals surface area contributed by atoms with Crippen LogP contribution in [0.5, 0.6) is 0 Å². The summed E-state index contributed by atoms with van der Waals surface area (Å²) in [4.78, 5) is 24.6. The molecule has 1 aliphatic rings. The molecule has 1 aromatic carbocycles. The summed E-state index contributed by atoms with van der Waals surface area (Å²) < 4.78 is 1.66. The minimum absolute atomic E-state index is 0.263. The Hall–Kier alpha value is -2.81. The van der Waals surface area contributed by atoms with Crippen molar-refractivity contribution in [2.75, 3.05) is 11.4 Å². The van der Waals surface area contributed by atoms with Crippen molar-refractivity contribution in [1.29, 1.82) is 0 Å². The number of urea groups is 1. The summed E-state index contributed by atoms with van der Waals surface area (Å²) >= 11 is 0. The molecule has 0 unspecified atom stereocenters. The van der Waals surface area contributed by atoms with Crippen LogP contribution < -0.4 is 10.2 Å². The van der Waals surface area contributed by atoms with Crippen molar-refractivity contribution in [1.82, 2.24) is 15.1 Å². The average molecular weight is 268 g/mol. The van der Waals surface area contributed by atoms with Gasteiger partial charge in [-0.15, -0.1) is 6.42 Å². The van der Waals surface area contributed by atoms with E-state index < -0.39 is 6.03 Å². The van der Waals surface area contributed by atoms with Crippen LogP contribution in [0.1, 0.15) is 12.0 Å². The fraction of sp³-hybridized carbons (Fsp3) is 0.214. The molecule has 3 amide bonds. The third-order valence-corrected chi connectivity index (χ3v) is 3.31. The Bertz CT molecular complexity index is 769. The van der Waals surface area contributed by atoms with Gasteiger partial charge in [0.15, 0.2) is 5.82 Å². The number of aryl methyl sites for hydroxylation is 1. The number of rotatable bonds is 1. The van der Waals surface area contributed by atoms with Gasteiger partial charge in [-0.1, -0.05) is 12.0 Å². The van der Waals surface area contributed by atoms with Crippen LogP contribution in [-0.4, -0.2) is 28.3 Å². The normalized spacial score (nSPS) is 15.3. The number of para-hydroxylation sites is 1. The quantitative estimate of drug-likeness (QED) is 0.785. The molecule has 1 saturated heterocycles. The van der Waals surface area contributed by atoms with Crippen LogP contribution in [-0.2, 0) is 11.8 Å². The molecular weight excluding hydrogens is 256 g/mol. The molecule has 1 fully saturated rings. The molecular formula is C14H12N4O2. The topological polar surface area (TPSA) is 67.2 Å². The van der Waals surface area contributed by atoms with Gasteiger partial charge >= 0.3 is 6.03 Å². The fourth-order valence-corrected chi connectivity index (χ4v) is 2.40. The predicted octanol–water partition coefficient (Wildman–Crippen LogP) is 1.00. The van der Waals surface area contributed by atoms with E-state index in [-0.39, 0.29) is 12.3 Å². The SMILES string of the molecule is C#Cc1cccc2c(N3CCC(=O)NC3=O)nn(C)c12. The van der Waals surface area contributed by atoms with Crippen LogP contribution in [0.4, 0.5) is 10.6 Å². The van der Waals surface area contributed by atoms with Crippen molar-refractivity contribution < 1.29 is 9.59 Å². The number of benzene rings is 1. The number of amides is 3. The van der Waals surface area contributed by atoms with Gasteiger partial charge in [-0.05, 0) is 12.1 Å². The van der Waals surface area contributed by atoms with Gasteiger partial charge in [0.2, 0.25) is 5.91 Å². The third-order valence-electron chi connectivity index (χ3n) is 3.31. The lowest BCUT2D eigenvalue weighted by Crippen LogP contribution is -2.49. The van der Waals surface area contributed by atoms with E-state index in [1.807, 2.05) is 18.2 Å². The van der Waals surface area contributed by atoms with Gasteiger partial charge in [-0.3, -0.25) is 19.7 Å². The molecule has 3 rings (SSSR count). The summed E-state index contributed by atoms with van der Waals surface area (Å²) in [5, 5.41) is 7.46. The maximum Gasteiger partial charge on any atom is 0.329 e. The van der Waals surface area contributed by atoms with Gasteiger partial charge in [0, 0.05) is 25.4 Å². The molecule has 100 valence electrons. The standard InChI is InChI=1S/C14H12N4O2/c1-3-9-5-4-6-10-12(9)17(2)16-13(10)18-8-7-11(19)15-14(18)20/h1,4-6H,7-8H2,2H3,(H,15,19,20). The Morgan fingerprint density at radius 1 is 1.40 bits per heavy atom. The summed E-state index contributed by atoms with van der Waals surface area (Å²) in [6.07, 6.45) is 5.75. The van der Waals surface area contributed by atoms with Crippen molar-refractivity contribution in [3.05, 3.63) is 23.8 Å². The van der Waals surface area contributed by atoms with Crippen LogP contribution in [0.3, 0.4) is 0 Å². The maximum atomic E-state index is 11.9. The van der Waals surface area contributed by atoms with Crippen molar-refractivity contribution in [3.8, 4) is 12.3 Å². The highest BCUT2D eigenvalue weighted by atomic mass is 16.2. The van der Waals surface area contributed by atoms with Crippen molar-refractivity contribution in [3.63, 3.8) is 0 Å². The second-order valence-electron chi connectivity index (χ2n) is 4.55. The Balaban J connectivity index is 2.16. The summed E-state index contributed by atoms with van der Waals surface area (Å²) in [5.41, 5.74) is 1.52. The first-order valence-corrected chi connectivity index (χ1v) is 6.15. The summed E-state index contributed by atoms with van der Waals surface area (Å²) in [5.74, 6) is 2.86. The van der Waals surface area contributed by atoms with Gasteiger partial charge in [0.1, 0.15) is 0 Å². The minimum Gasteiger partial charge on any atom is -0.278 e. The third kappa shape index (κ3) is 1.72. The highest BCUT2D eigenvalue weighted by molar-refractivity contribution is 6.09. The van der Waals surface area contributed by atoms with Gasteiger partial charge < -0.3 is 0 Å². The Morgan fingerprint density at radius 3 is 2.90 bits per heavy atom. The molecule has 2 aromatic rings. The number of anilines is 1. The first kappa shape index (κ1) is 12.2. The van der Waals surface area contributed by atoms with E-state index in [2.05, 4.69) is 16.3 Å². The number of carbonyl (C=O) groups is 2. The average Bonchev–Trinajstić information content (AvgIpc) is 2.76. The maximum absolute atomic E-state index is 11.9.